The van der Waals surface area contributed by atoms with Gasteiger partial charge < -0.3 is 5.32 Å². The maximum Gasteiger partial charge on any atom is 0.252 e. The van der Waals surface area contributed by atoms with E-state index in [2.05, 4.69) is 53.8 Å². The Morgan fingerprint density at radius 3 is 2.40 bits per heavy atom. The molecule has 0 saturated carbocycles. The molecule has 1 aromatic carbocycles. The third-order valence-electron chi connectivity index (χ3n) is 3.16. The van der Waals surface area contributed by atoms with E-state index in [-0.39, 0.29) is 5.91 Å². The van der Waals surface area contributed by atoms with Crippen molar-refractivity contribution >= 4 is 33.4 Å². The quantitative estimate of drug-likeness (QED) is 0.832. The van der Waals surface area contributed by atoms with Crippen LogP contribution in [0.4, 0.5) is 0 Å². The molecule has 112 valence electrons. The maximum atomic E-state index is 12.1. The smallest absolute Gasteiger partial charge is 0.252 e. The summed E-state index contributed by atoms with van der Waals surface area (Å²) in [6.45, 7) is 10.1. The molecule has 0 aliphatic heterocycles. The predicted octanol–water partition coefficient (Wildman–Crippen LogP) is 3.95. The molecule has 0 atom stereocenters. The molecule has 0 aliphatic carbocycles. The molecular weight excluding hydrogens is 340 g/mol. The van der Waals surface area contributed by atoms with Gasteiger partial charge in [0.15, 0.2) is 0 Å². The van der Waals surface area contributed by atoms with Gasteiger partial charge >= 0.3 is 0 Å². The number of nitrogens with one attached hydrogen (secondary N) is 1. The highest BCUT2D eigenvalue weighted by Crippen LogP contribution is 2.21. The van der Waals surface area contributed by atoms with Crippen molar-refractivity contribution in [2.45, 2.75) is 39.8 Å². The van der Waals surface area contributed by atoms with Crippen molar-refractivity contribution < 1.29 is 4.79 Å². The fourth-order valence-corrected chi connectivity index (χ4v) is 3.04. The van der Waals surface area contributed by atoms with E-state index in [4.69, 9.17) is 11.6 Å². The van der Waals surface area contributed by atoms with Crippen LogP contribution in [0.2, 0.25) is 5.02 Å². The zero-order valence-electron chi connectivity index (χ0n) is 12.4. The molecule has 3 nitrogen and oxygen atoms in total. The Kier molecular flexibility index (Phi) is 7.00. The van der Waals surface area contributed by atoms with Gasteiger partial charge in [0.25, 0.3) is 5.91 Å². The van der Waals surface area contributed by atoms with E-state index in [1.807, 2.05) is 0 Å². The van der Waals surface area contributed by atoms with E-state index in [0.29, 0.717) is 33.7 Å². The summed E-state index contributed by atoms with van der Waals surface area (Å²) in [6, 6.07) is 6.11. The zero-order valence-corrected chi connectivity index (χ0v) is 14.8. The van der Waals surface area contributed by atoms with E-state index in [1.54, 1.807) is 18.2 Å². The summed E-state index contributed by atoms with van der Waals surface area (Å²) in [5, 5.41) is 3.56. The number of hydrogen-bond donors (Lipinski definition) is 1. The Balaban J connectivity index is 2.55. The standard InChI is InChI=1S/C15H22BrClN2O/c1-10(2)19(11(3)4)8-7-18-15(20)13-6-5-12(17)9-14(13)16/h5-6,9-11H,7-8H2,1-4H3,(H,18,20). The molecule has 0 aromatic heterocycles. The van der Waals surface area contributed by atoms with Crippen LogP contribution in [0.1, 0.15) is 38.1 Å². The van der Waals surface area contributed by atoms with Crippen LogP contribution < -0.4 is 5.32 Å². The molecular formula is C15H22BrClN2O. The highest BCUT2D eigenvalue weighted by Gasteiger charge is 2.14. The fraction of sp³-hybridized carbons (Fsp3) is 0.533. The summed E-state index contributed by atoms with van der Waals surface area (Å²) < 4.78 is 0.715. The number of amides is 1. The highest BCUT2D eigenvalue weighted by atomic mass is 79.9. The molecule has 5 heteroatoms. The number of carbonyl (C=O) groups is 1. The summed E-state index contributed by atoms with van der Waals surface area (Å²) in [6.07, 6.45) is 0. The Labute approximate surface area is 134 Å². The average molecular weight is 362 g/mol. The molecule has 0 heterocycles. The third kappa shape index (κ3) is 5.08. The second-order valence-electron chi connectivity index (χ2n) is 5.31. The van der Waals surface area contributed by atoms with Crippen LogP contribution in [0, 0.1) is 0 Å². The summed E-state index contributed by atoms with van der Waals surface area (Å²) in [7, 11) is 0. The average Bonchev–Trinajstić information content (AvgIpc) is 2.33. The summed E-state index contributed by atoms with van der Waals surface area (Å²) >= 11 is 9.23. The summed E-state index contributed by atoms with van der Waals surface area (Å²) in [5.74, 6) is -0.0824. The molecule has 1 rings (SSSR count). The molecule has 0 aliphatic rings. The molecule has 0 bridgehead atoms. The lowest BCUT2D eigenvalue weighted by atomic mass is 10.2. The van der Waals surface area contributed by atoms with Crippen molar-refractivity contribution in [3.8, 4) is 0 Å². The zero-order chi connectivity index (χ0) is 15.3. The van der Waals surface area contributed by atoms with E-state index in [0.717, 1.165) is 6.54 Å². The fourth-order valence-electron chi connectivity index (χ4n) is 2.18. The maximum absolute atomic E-state index is 12.1. The van der Waals surface area contributed by atoms with Crippen LogP contribution in [-0.4, -0.2) is 36.0 Å². The van der Waals surface area contributed by atoms with Gasteiger partial charge in [-0.05, 0) is 61.8 Å². The van der Waals surface area contributed by atoms with Crippen molar-refractivity contribution in [1.29, 1.82) is 0 Å². The molecule has 0 saturated heterocycles. The molecule has 1 aromatic rings. The second kappa shape index (κ2) is 8.01. The van der Waals surface area contributed by atoms with Gasteiger partial charge in [-0.2, -0.15) is 0 Å². The van der Waals surface area contributed by atoms with Crippen LogP contribution in [-0.2, 0) is 0 Å². The lowest BCUT2D eigenvalue weighted by Crippen LogP contribution is -2.42. The van der Waals surface area contributed by atoms with Crippen LogP contribution in [0.25, 0.3) is 0 Å². The van der Waals surface area contributed by atoms with E-state index < -0.39 is 0 Å². The first-order chi connectivity index (χ1) is 9.32. The number of benzene rings is 1. The Bertz CT molecular complexity index is 455. The normalized spacial score (nSPS) is 11.4. The molecule has 0 spiro atoms. The van der Waals surface area contributed by atoms with Gasteiger partial charge in [-0.1, -0.05) is 11.6 Å². The molecule has 1 N–H and O–H groups in total. The van der Waals surface area contributed by atoms with Crippen molar-refractivity contribution in [2.24, 2.45) is 0 Å². The first kappa shape index (κ1) is 17.5. The van der Waals surface area contributed by atoms with Gasteiger partial charge in [-0.25, -0.2) is 0 Å². The van der Waals surface area contributed by atoms with E-state index in [9.17, 15) is 4.79 Å². The van der Waals surface area contributed by atoms with Crippen molar-refractivity contribution in [3.05, 3.63) is 33.3 Å². The SMILES string of the molecule is CC(C)N(CCNC(=O)c1ccc(Cl)cc1Br)C(C)C. The topological polar surface area (TPSA) is 32.3 Å². The minimum atomic E-state index is -0.0824. The predicted molar refractivity (Wildman–Crippen MR) is 88.5 cm³/mol. The van der Waals surface area contributed by atoms with Crippen molar-refractivity contribution in [1.82, 2.24) is 10.2 Å². The Morgan fingerprint density at radius 2 is 1.90 bits per heavy atom. The summed E-state index contributed by atoms with van der Waals surface area (Å²) in [4.78, 5) is 14.4. The minimum Gasteiger partial charge on any atom is -0.351 e. The monoisotopic (exact) mass is 360 g/mol. The lowest BCUT2D eigenvalue weighted by molar-refractivity contribution is 0.0938. The van der Waals surface area contributed by atoms with Crippen LogP contribution in [0.15, 0.2) is 22.7 Å². The van der Waals surface area contributed by atoms with Crippen molar-refractivity contribution in [3.63, 3.8) is 0 Å². The Morgan fingerprint density at radius 1 is 1.30 bits per heavy atom. The molecule has 0 fully saturated rings. The lowest BCUT2D eigenvalue weighted by Gasteiger charge is -2.30. The van der Waals surface area contributed by atoms with Crippen LogP contribution >= 0.6 is 27.5 Å². The number of nitrogens with zero attached hydrogens (tertiary/aromatic N) is 1. The number of rotatable bonds is 6. The van der Waals surface area contributed by atoms with Gasteiger partial charge in [0.1, 0.15) is 0 Å². The molecule has 20 heavy (non-hydrogen) atoms. The second-order valence-corrected chi connectivity index (χ2v) is 6.60. The molecule has 0 unspecified atom stereocenters. The summed E-state index contributed by atoms with van der Waals surface area (Å²) in [5.41, 5.74) is 0.607. The molecule has 0 radical (unpaired) electrons. The van der Waals surface area contributed by atoms with Gasteiger partial charge in [-0.3, -0.25) is 9.69 Å². The van der Waals surface area contributed by atoms with Gasteiger partial charge in [-0.15, -0.1) is 0 Å². The van der Waals surface area contributed by atoms with Gasteiger partial charge in [0.2, 0.25) is 0 Å². The van der Waals surface area contributed by atoms with E-state index >= 15 is 0 Å². The van der Waals surface area contributed by atoms with Gasteiger partial charge in [0, 0.05) is 34.7 Å². The number of carbonyl (C=O) groups excluding carboxylic acids is 1. The van der Waals surface area contributed by atoms with Gasteiger partial charge in [0.05, 0.1) is 5.56 Å². The largest absolute Gasteiger partial charge is 0.351 e. The number of halogens is 2. The minimum absolute atomic E-state index is 0.0824. The first-order valence-corrected chi connectivity index (χ1v) is 7.99. The van der Waals surface area contributed by atoms with Crippen LogP contribution in [0.3, 0.4) is 0 Å². The number of hydrogen-bond acceptors (Lipinski definition) is 2. The Hall–Kier alpha value is -0.580. The first-order valence-electron chi connectivity index (χ1n) is 6.82. The highest BCUT2D eigenvalue weighted by molar-refractivity contribution is 9.10. The van der Waals surface area contributed by atoms with E-state index in [1.165, 1.54) is 0 Å². The van der Waals surface area contributed by atoms with Crippen LogP contribution in [0.5, 0.6) is 0 Å². The van der Waals surface area contributed by atoms with Crippen molar-refractivity contribution in [2.75, 3.05) is 13.1 Å². The molecule has 1 amide bonds. The third-order valence-corrected chi connectivity index (χ3v) is 4.05.